The molecule has 1 N–H and O–H groups in total. The zero-order valence-electron chi connectivity index (χ0n) is 26.2. The van der Waals surface area contributed by atoms with Crippen LogP contribution in [0.5, 0.6) is 5.75 Å². The van der Waals surface area contributed by atoms with E-state index in [1.807, 2.05) is 97.9 Å². The second kappa shape index (κ2) is 15.2. The van der Waals surface area contributed by atoms with Crippen molar-refractivity contribution in [2.45, 2.75) is 27.2 Å². The maximum Gasteiger partial charge on any atom is 0.310 e. The van der Waals surface area contributed by atoms with Crippen molar-refractivity contribution in [1.82, 2.24) is 25.0 Å². The highest BCUT2D eigenvalue weighted by Gasteiger charge is 2.16. The average Bonchev–Trinajstić information content (AvgIpc) is 3.76. The molecule has 0 bridgehead atoms. The zero-order valence-corrected chi connectivity index (χ0v) is 26.2. The van der Waals surface area contributed by atoms with Crippen LogP contribution in [0.1, 0.15) is 31.1 Å². The fourth-order valence-corrected chi connectivity index (χ4v) is 4.67. The van der Waals surface area contributed by atoms with Crippen LogP contribution in [0.2, 0.25) is 0 Å². The minimum absolute atomic E-state index is 0.201. The second-order valence-electron chi connectivity index (χ2n) is 10.4. The maximum absolute atomic E-state index is 11.9. The van der Waals surface area contributed by atoms with Crippen LogP contribution in [0.15, 0.2) is 115 Å². The lowest BCUT2D eigenvalue weighted by Gasteiger charge is -2.04. The first kappa shape index (κ1) is 32.2. The first-order chi connectivity index (χ1) is 22.8. The van der Waals surface area contributed by atoms with E-state index in [0.29, 0.717) is 36.0 Å². The van der Waals surface area contributed by atoms with Crippen LogP contribution in [0.4, 0.5) is 0 Å². The van der Waals surface area contributed by atoms with Gasteiger partial charge in [0.05, 0.1) is 24.4 Å². The Morgan fingerprint density at radius 2 is 1.36 bits per heavy atom. The van der Waals surface area contributed by atoms with E-state index in [-0.39, 0.29) is 17.8 Å². The van der Waals surface area contributed by atoms with Crippen LogP contribution in [0.25, 0.3) is 45.3 Å². The summed E-state index contributed by atoms with van der Waals surface area (Å²) in [7, 11) is 0. The molecule has 0 saturated carbocycles. The van der Waals surface area contributed by atoms with Crippen LogP contribution in [-0.2, 0) is 20.7 Å². The number of aromatic nitrogens is 5. The number of nitrogens with one attached hydrogen (secondary N) is 1. The summed E-state index contributed by atoms with van der Waals surface area (Å²) >= 11 is 0. The number of hydrogen-bond acceptors (Lipinski definition) is 8. The van der Waals surface area contributed by atoms with Crippen molar-refractivity contribution in [2.24, 2.45) is 0 Å². The Bertz CT molecular complexity index is 1950. The van der Waals surface area contributed by atoms with Crippen LogP contribution >= 0.6 is 0 Å². The van der Waals surface area contributed by atoms with Gasteiger partial charge in [0.1, 0.15) is 5.75 Å². The molecule has 10 heteroatoms. The summed E-state index contributed by atoms with van der Waals surface area (Å²) in [5.41, 5.74) is 6.45. The molecule has 0 atom stereocenters. The van der Waals surface area contributed by atoms with Gasteiger partial charge in [-0.2, -0.15) is 9.78 Å². The molecule has 6 aromatic rings. The normalized spacial score (nSPS) is 10.4. The van der Waals surface area contributed by atoms with Gasteiger partial charge in [0.25, 0.3) is 0 Å². The number of nitrogens with zero attached hydrogens (tertiary/aromatic N) is 4. The highest BCUT2D eigenvalue weighted by atomic mass is 16.5. The molecule has 47 heavy (non-hydrogen) atoms. The molecule has 4 aromatic carbocycles. The summed E-state index contributed by atoms with van der Waals surface area (Å²) in [6.07, 6.45) is 0.298. The molecule has 0 aliphatic rings. The van der Waals surface area contributed by atoms with Crippen molar-refractivity contribution in [1.29, 1.82) is 0 Å². The van der Waals surface area contributed by atoms with Gasteiger partial charge in [-0.05, 0) is 48.4 Å². The molecule has 0 fully saturated rings. The standard InChI is InChI=1S/C19H18N2O2.C18H15N3O3/c1-2-23-19(22)12-14-8-10-16(11-9-14)18-13-17(20-21-18)15-6-4-3-5-7-15;1-12(22)21-18(15-8-10-16(11-9-15)24-13(2)23)19-17(20-21)14-6-4-3-5-7-14/h3-11,13H,2,12H2,1H3,(H,20,21);3-11H,1-2H3. The van der Waals surface area contributed by atoms with Crippen LogP contribution in [-0.4, -0.2) is 49.4 Å². The number of H-pyrrole nitrogens is 1. The molecular formula is C37H33N5O5. The summed E-state index contributed by atoms with van der Waals surface area (Å²) in [6, 6.07) is 36.1. The molecule has 2 heterocycles. The van der Waals surface area contributed by atoms with E-state index in [2.05, 4.69) is 20.3 Å². The van der Waals surface area contributed by atoms with Gasteiger partial charge < -0.3 is 9.47 Å². The Morgan fingerprint density at radius 1 is 0.745 bits per heavy atom. The maximum atomic E-state index is 11.9. The molecule has 0 unspecified atom stereocenters. The summed E-state index contributed by atoms with van der Waals surface area (Å²) in [5, 5.41) is 11.7. The Kier molecular flexibility index (Phi) is 10.4. The van der Waals surface area contributed by atoms with Crippen LogP contribution in [0, 0.1) is 0 Å². The minimum Gasteiger partial charge on any atom is -0.466 e. The molecule has 0 amide bonds. The van der Waals surface area contributed by atoms with Crippen LogP contribution < -0.4 is 4.74 Å². The third-order valence-electron chi connectivity index (χ3n) is 6.88. The van der Waals surface area contributed by atoms with E-state index in [1.165, 1.54) is 18.5 Å². The average molecular weight is 628 g/mol. The lowest BCUT2D eigenvalue weighted by Crippen LogP contribution is -2.09. The van der Waals surface area contributed by atoms with Gasteiger partial charge in [-0.15, -0.1) is 5.10 Å². The van der Waals surface area contributed by atoms with Crippen molar-refractivity contribution >= 4 is 17.8 Å². The third kappa shape index (κ3) is 8.52. The molecule has 0 saturated heterocycles. The number of carbonyl (C=O) groups excluding carboxylic acids is 3. The van der Waals surface area contributed by atoms with Crippen molar-refractivity contribution in [2.75, 3.05) is 6.61 Å². The van der Waals surface area contributed by atoms with E-state index in [0.717, 1.165) is 33.6 Å². The van der Waals surface area contributed by atoms with Gasteiger partial charge in [0, 0.05) is 30.5 Å². The lowest BCUT2D eigenvalue weighted by atomic mass is 10.1. The van der Waals surface area contributed by atoms with Gasteiger partial charge in [0.15, 0.2) is 11.6 Å². The fourth-order valence-electron chi connectivity index (χ4n) is 4.67. The molecule has 2 aromatic heterocycles. The van der Waals surface area contributed by atoms with Crippen LogP contribution in [0.3, 0.4) is 0 Å². The predicted molar refractivity (Wildman–Crippen MR) is 178 cm³/mol. The zero-order chi connectivity index (χ0) is 33.2. The molecule has 10 nitrogen and oxygen atoms in total. The van der Waals surface area contributed by atoms with Crippen molar-refractivity contribution in [3.8, 4) is 51.0 Å². The van der Waals surface area contributed by atoms with E-state index in [9.17, 15) is 14.4 Å². The summed E-state index contributed by atoms with van der Waals surface area (Å²) in [6.45, 7) is 4.99. The third-order valence-corrected chi connectivity index (χ3v) is 6.88. The molecule has 0 aliphatic heterocycles. The predicted octanol–water partition coefficient (Wildman–Crippen LogP) is 7.05. The summed E-state index contributed by atoms with van der Waals surface area (Å²) in [4.78, 5) is 38.8. The van der Waals surface area contributed by atoms with Crippen molar-refractivity contribution < 1.29 is 23.9 Å². The summed E-state index contributed by atoms with van der Waals surface area (Å²) < 4.78 is 11.2. The topological polar surface area (TPSA) is 129 Å². The number of esters is 2. The second-order valence-corrected chi connectivity index (χ2v) is 10.4. The number of hydrogen-bond donors (Lipinski definition) is 1. The molecule has 0 spiro atoms. The SMILES string of the molecule is CC(=O)Oc1ccc(-c2nc(-c3ccccc3)nn2C(C)=O)cc1.CCOC(=O)Cc1ccc(-c2cc(-c3ccccc3)n[nH]2)cc1. The summed E-state index contributed by atoms with van der Waals surface area (Å²) in [5.74, 6) is 0.530. The highest BCUT2D eigenvalue weighted by molar-refractivity contribution is 5.81. The Morgan fingerprint density at radius 3 is 1.96 bits per heavy atom. The van der Waals surface area contributed by atoms with Crippen molar-refractivity contribution in [3.63, 3.8) is 0 Å². The van der Waals surface area contributed by atoms with Gasteiger partial charge in [-0.1, -0.05) is 84.9 Å². The Labute approximate surface area is 272 Å². The number of aromatic amines is 1. The molecular weight excluding hydrogens is 594 g/mol. The number of ether oxygens (including phenoxy) is 2. The quantitative estimate of drug-likeness (QED) is 0.140. The molecule has 0 aliphatic carbocycles. The monoisotopic (exact) mass is 627 g/mol. The number of rotatable bonds is 8. The molecule has 6 rings (SSSR count). The van der Waals surface area contributed by atoms with E-state index in [4.69, 9.17) is 9.47 Å². The van der Waals surface area contributed by atoms with E-state index < -0.39 is 0 Å². The Hall–Kier alpha value is -6.16. The lowest BCUT2D eigenvalue weighted by molar-refractivity contribution is -0.142. The first-order valence-corrected chi connectivity index (χ1v) is 15.0. The van der Waals surface area contributed by atoms with Gasteiger partial charge >= 0.3 is 11.9 Å². The van der Waals surface area contributed by atoms with Crippen molar-refractivity contribution in [3.05, 3.63) is 121 Å². The first-order valence-electron chi connectivity index (χ1n) is 15.0. The van der Waals surface area contributed by atoms with Gasteiger partial charge in [0.2, 0.25) is 5.91 Å². The van der Waals surface area contributed by atoms with E-state index >= 15 is 0 Å². The highest BCUT2D eigenvalue weighted by Crippen LogP contribution is 2.26. The fraction of sp³-hybridized carbons (Fsp3) is 0.135. The minimum atomic E-state index is -0.388. The smallest absolute Gasteiger partial charge is 0.310 e. The number of carbonyl (C=O) groups is 3. The number of benzene rings is 4. The van der Waals surface area contributed by atoms with Gasteiger partial charge in [-0.25, -0.2) is 4.98 Å². The molecule has 236 valence electrons. The Balaban J connectivity index is 0.000000185. The van der Waals surface area contributed by atoms with Gasteiger partial charge in [-0.3, -0.25) is 19.5 Å². The van der Waals surface area contributed by atoms with E-state index in [1.54, 1.807) is 24.3 Å². The molecule has 0 radical (unpaired) electrons. The largest absolute Gasteiger partial charge is 0.466 e.